The number of thiophene rings is 1. The van der Waals surface area contributed by atoms with Gasteiger partial charge in [-0.15, -0.1) is 11.3 Å². The van der Waals surface area contributed by atoms with Crippen molar-refractivity contribution >= 4 is 46.2 Å². The van der Waals surface area contributed by atoms with E-state index in [9.17, 15) is 9.59 Å². The van der Waals surface area contributed by atoms with E-state index in [-0.39, 0.29) is 11.8 Å². The van der Waals surface area contributed by atoms with Crippen molar-refractivity contribution in [3.05, 3.63) is 87.5 Å². The van der Waals surface area contributed by atoms with E-state index in [0.29, 0.717) is 16.2 Å². The van der Waals surface area contributed by atoms with Crippen LogP contribution >= 0.6 is 23.1 Å². The fourth-order valence-corrected chi connectivity index (χ4v) is 5.12. The van der Waals surface area contributed by atoms with Gasteiger partial charge in [-0.3, -0.25) is 9.59 Å². The van der Waals surface area contributed by atoms with Gasteiger partial charge in [0.25, 0.3) is 11.8 Å². The maximum atomic E-state index is 13.3. The minimum Gasteiger partial charge on any atom is -0.268 e. The summed E-state index contributed by atoms with van der Waals surface area (Å²) < 4.78 is 0. The standard InChI is InChI=1S/C24H21NO2S2/c1-2-3-8-17-12-14-18(15-13-17)25-23(26)21(20-11-7-16-28-20)22(24(25)27)29-19-9-5-4-6-10-19/h4-7,9-16H,2-3,8H2,1H3. The van der Waals surface area contributed by atoms with E-state index >= 15 is 0 Å². The van der Waals surface area contributed by atoms with Crippen LogP contribution in [-0.2, 0) is 16.0 Å². The summed E-state index contributed by atoms with van der Waals surface area (Å²) in [5.74, 6) is -0.509. The van der Waals surface area contributed by atoms with Gasteiger partial charge in [-0.05, 0) is 54.1 Å². The van der Waals surface area contributed by atoms with E-state index in [0.717, 1.165) is 29.0 Å². The molecule has 2 amide bonds. The number of rotatable bonds is 7. The Balaban J connectivity index is 1.69. The highest BCUT2D eigenvalue weighted by Gasteiger charge is 2.40. The zero-order chi connectivity index (χ0) is 20.2. The Kier molecular flexibility index (Phi) is 5.97. The molecule has 0 atom stereocenters. The Morgan fingerprint density at radius 2 is 1.66 bits per heavy atom. The SMILES string of the molecule is CCCCc1ccc(N2C(=O)C(Sc3ccccc3)=C(c3cccs3)C2=O)cc1. The normalized spacial score (nSPS) is 14.2. The molecule has 0 saturated heterocycles. The third kappa shape index (κ3) is 4.07. The molecule has 4 rings (SSSR count). The zero-order valence-electron chi connectivity index (χ0n) is 16.1. The van der Waals surface area contributed by atoms with Gasteiger partial charge in [0.05, 0.1) is 16.2 Å². The summed E-state index contributed by atoms with van der Waals surface area (Å²) in [5.41, 5.74) is 2.34. The molecule has 1 aliphatic rings. The molecule has 0 N–H and O–H groups in total. The van der Waals surface area contributed by atoms with E-state index in [1.807, 2.05) is 72.1 Å². The largest absolute Gasteiger partial charge is 0.272 e. The first-order valence-electron chi connectivity index (χ1n) is 9.68. The van der Waals surface area contributed by atoms with Crippen LogP contribution in [0, 0.1) is 0 Å². The number of imide groups is 1. The lowest BCUT2D eigenvalue weighted by Gasteiger charge is -2.15. The van der Waals surface area contributed by atoms with Crippen molar-refractivity contribution in [1.29, 1.82) is 0 Å². The zero-order valence-corrected chi connectivity index (χ0v) is 17.8. The number of carbonyl (C=O) groups excluding carboxylic acids is 2. The van der Waals surface area contributed by atoms with Crippen LogP contribution in [0.4, 0.5) is 5.69 Å². The van der Waals surface area contributed by atoms with Crippen molar-refractivity contribution in [3.8, 4) is 0 Å². The monoisotopic (exact) mass is 419 g/mol. The molecule has 0 unspecified atom stereocenters. The number of hydrogen-bond donors (Lipinski definition) is 0. The predicted molar refractivity (Wildman–Crippen MR) is 121 cm³/mol. The van der Waals surface area contributed by atoms with Gasteiger partial charge in [-0.2, -0.15) is 0 Å². The third-order valence-corrected chi connectivity index (χ3v) is 6.76. The van der Waals surface area contributed by atoms with Gasteiger partial charge < -0.3 is 0 Å². The van der Waals surface area contributed by atoms with E-state index < -0.39 is 0 Å². The Labute approximate surface area is 179 Å². The van der Waals surface area contributed by atoms with Crippen LogP contribution < -0.4 is 4.90 Å². The van der Waals surface area contributed by atoms with Crippen molar-refractivity contribution in [2.45, 2.75) is 31.1 Å². The fourth-order valence-electron chi connectivity index (χ4n) is 3.28. The lowest BCUT2D eigenvalue weighted by molar-refractivity contribution is -0.119. The number of benzene rings is 2. The molecular formula is C24H21NO2S2. The number of thioether (sulfide) groups is 1. The molecule has 0 radical (unpaired) electrons. The number of nitrogens with zero attached hydrogens (tertiary/aromatic N) is 1. The van der Waals surface area contributed by atoms with Crippen LogP contribution in [0.25, 0.3) is 5.57 Å². The summed E-state index contributed by atoms with van der Waals surface area (Å²) in [6.45, 7) is 2.17. The van der Waals surface area contributed by atoms with Crippen LogP contribution in [0.3, 0.4) is 0 Å². The molecular weight excluding hydrogens is 398 g/mol. The minimum atomic E-state index is -0.256. The first kappa shape index (κ1) is 19.7. The van der Waals surface area contributed by atoms with E-state index in [1.54, 1.807) is 0 Å². The predicted octanol–water partition coefficient (Wildman–Crippen LogP) is 6.17. The lowest BCUT2D eigenvalue weighted by atomic mass is 10.1. The summed E-state index contributed by atoms with van der Waals surface area (Å²) in [5, 5.41) is 1.93. The number of unbranched alkanes of at least 4 members (excludes halogenated alkanes) is 1. The summed E-state index contributed by atoms with van der Waals surface area (Å²) in [4.78, 5) is 30.2. The molecule has 2 heterocycles. The third-order valence-electron chi connectivity index (χ3n) is 4.79. The molecule has 0 bridgehead atoms. The Bertz CT molecular complexity index is 1040. The van der Waals surface area contributed by atoms with Crippen LogP contribution in [0.2, 0.25) is 0 Å². The summed E-state index contributed by atoms with van der Waals surface area (Å²) >= 11 is 2.83. The summed E-state index contributed by atoms with van der Waals surface area (Å²) in [7, 11) is 0. The van der Waals surface area contributed by atoms with E-state index in [1.165, 1.54) is 33.6 Å². The number of anilines is 1. The van der Waals surface area contributed by atoms with Crippen molar-refractivity contribution in [3.63, 3.8) is 0 Å². The molecule has 29 heavy (non-hydrogen) atoms. The van der Waals surface area contributed by atoms with Gasteiger partial charge in [0.2, 0.25) is 0 Å². The van der Waals surface area contributed by atoms with Gasteiger partial charge in [0.1, 0.15) is 0 Å². The van der Waals surface area contributed by atoms with Crippen molar-refractivity contribution in [2.75, 3.05) is 4.90 Å². The quantitative estimate of drug-likeness (QED) is 0.430. The van der Waals surface area contributed by atoms with Gasteiger partial charge in [0, 0.05) is 9.77 Å². The van der Waals surface area contributed by atoms with Crippen molar-refractivity contribution < 1.29 is 9.59 Å². The summed E-state index contributed by atoms with van der Waals surface area (Å²) in [6.07, 6.45) is 3.27. The topological polar surface area (TPSA) is 37.4 Å². The maximum Gasteiger partial charge on any atom is 0.272 e. The van der Waals surface area contributed by atoms with Gasteiger partial charge in [0.15, 0.2) is 0 Å². The fraction of sp³-hybridized carbons (Fsp3) is 0.167. The van der Waals surface area contributed by atoms with Gasteiger partial charge in [-0.25, -0.2) is 4.90 Å². The van der Waals surface area contributed by atoms with E-state index in [4.69, 9.17) is 0 Å². The molecule has 2 aromatic carbocycles. The van der Waals surface area contributed by atoms with E-state index in [2.05, 4.69) is 6.92 Å². The highest BCUT2D eigenvalue weighted by Crippen LogP contribution is 2.42. The molecule has 1 aliphatic heterocycles. The second kappa shape index (κ2) is 8.80. The van der Waals surface area contributed by atoms with Crippen LogP contribution in [0.5, 0.6) is 0 Å². The average molecular weight is 420 g/mol. The first-order chi connectivity index (χ1) is 14.2. The van der Waals surface area contributed by atoms with Crippen molar-refractivity contribution in [1.82, 2.24) is 0 Å². The van der Waals surface area contributed by atoms with Gasteiger partial charge >= 0.3 is 0 Å². The number of amides is 2. The van der Waals surface area contributed by atoms with Crippen LogP contribution in [0.1, 0.15) is 30.2 Å². The molecule has 0 fully saturated rings. The Morgan fingerprint density at radius 3 is 2.31 bits per heavy atom. The second-order valence-corrected chi connectivity index (χ2v) is 8.84. The molecule has 3 aromatic rings. The lowest BCUT2D eigenvalue weighted by Crippen LogP contribution is -2.31. The maximum absolute atomic E-state index is 13.3. The van der Waals surface area contributed by atoms with Crippen LogP contribution in [-0.4, -0.2) is 11.8 Å². The first-order valence-corrected chi connectivity index (χ1v) is 11.4. The molecule has 0 saturated carbocycles. The smallest absolute Gasteiger partial charge is 0.268 e. The van der Waals surface area contributed by atoms with Crippen LogP contribution in [0.15, 0.2) is 81.9 Å². The minimum absolute atomic E-state index is 0.253. The summed E-state index contributed by atoms with van der Waals surface area (Å²) in [6, 6.07) is 21.3. The number of aryl methyl sites for hydroxylation is 1. The molecule has 3 nitrogen and oxygen atoms in total. The molecule has 146 valence electrons. The van der Waals surface area contributed by atoms with Crippen molar-refractivity contribution in [2.24, 2.45) is 0 Å². The molecule has 0 spiro atoms. The molecule has 1 aromatic heterocycles. The number of hydrogen-bond acceptors (Lipinski definition) is 4. The highest BCUT2D eigenvalue weighted by molar-refractivity contribution is 8.04. The van der Waals surface area contributed by atoms with Gasteiger partial charge in [-0.1, -0.05) is 61.5 Å². The second-order valence-electron chi connectivity index (χ2n) is 6.81. The Hall–Kier alpha value is -2.63. The molecule has 5 heteroatoms. The molecule has 0 aliphatic carbocycles. The number of carbonyl (C=O) groups is 2. The Morgan fingerprint density at radius 1 is 0.897 bits per heavy atom. The average Bonchev–Trinajstić information content (AvgIpc) is 3.35. The highest BCUT2D eigenvalue weighted by atomic mass is 32.2.